The van der Waals surface area contributed by atoms with Gasteiger partial charge in [-0.2, -0.15) is 0 Å². The first-order chi connectivity index (χ1) is 9.04. The Hall–Kier alpha value is -0.610. The van der Waals surface area contributed by atoms with E-state index in [1.54, 1.807) is 7.11 Å². The number of amides is 1. The summed E-state index contributed by atoms with van der Waals surface area (Å²) < 4.78 is 5.17. The van der Waals surface area contributed by atoms with Crippen molar-refractivity contribution < 1.29 is 9.53 Å². The quantitative estimate of drug-likeness (QED) is 0.763. The van der Waals surface area contributed by atoms with Gasteiger partial charge in [-0.05, 0) is 44.4 Å². The third kappa shape index (κ3) is 2.95. The molecule has 0 spiro atoms. The van der Waals surface area contributed by atoms with Gasteiger partial charge in [-0.3, -0.25) is 4.79 Å². The molecule has 0 bridgehead atoms. The fourth-order valence-electron chi connectivity index (χ4n) is 3.52. The first-order valence-corrected chi connectivity index (χ1v) is 7.54. The van der Waals surface area contributed by atoms with Crippen LogP contribution in [0, 0.1) is 17.3 Å². The number of rotatable bonds is 7. The number of nitrogens with zero attached hydrogens (tertiary/aromatic N) is 1. The van der Waals surface area contributed by atoms with E-state index in [1.165, 1.54) is 12.8 Å². The summed E-state index contributed by atoms with van der Waals surface area (Å²) in [5.74, 6) is 1.59. The maximum Gasteiger partial charge on any atom is 0.230 e. The first kappa shape index (κ1) is 14.8. The fraction of sp³-hybridized carbons (Fsp3) is 0.933. The van der Waals surface area contributed by atoms with Gasteiger partial charge >= 0.3 is 0 Å². The Morgan fingerprint density at radius 2 is 2.11 bits per heavy atom. The van der Waals surface area contributed by atoms with Crippen molar-refractivity contribution in [2.45, 2.75) is 45.6 Å². The van der Waals surface area contributed by atoms with Gasteiger partial charge in [-0.25, -0.2) is 0 Å². The number of methoxy groups -OCH3 is 1. The van der Waals surface area contributed by atoms with E-state index in [1.807, 2.05) is 4.90 Å². The lowest BCUT2D eigenvalue weighted by Crippen LogP contribution is -2.57. The van der Waals surface area contributed by atoms with Crippen LogP contribution in [-0.2, 0) is 9.53 Å². The molecule has 0 heterocycles. The fourth-order valence-corrected chi connectivity index (χ4v) is 3.52. The molecule has 0 aromatic heterocycles. The minimum atomic E-state index is -0.281. The van der Waals surface area contributed by atoms with Crippen LogP contribution in [0.5, 0.6) is 0 Å². The molecule has 1 amide bonds. The molecule has 19 heavy (non-hydrogen) atoms. The standard InChI is InChI=1S/C15H28N2O2/c1-11-8-15(9-11,10-16)14(18)17(6-7-19-3)12(2)13-4-5-13/h11-13H,4-10,16H2,1-3H3. The molecule has 2 aliphatic carbocycles. The summed E-state index contributed by atoms with van der Waals surface area (Å²) >= 11 is 0. The molecule has 0 aromatic carbocycles. The minimum Gasteiger partial charge on any atom is -0.383 e. The molecule has 0 aliphatic heterocycles. The van der Waals surface area contributed by atoms with Gasteiger partial charge in [-0.1, -0.05) is 6.92 Å². The Morgan fingerprint density at radius 1 is 1.47 bits per heavy atom. The van der Waals surface area contributed by atoms with Gasteiger partial charge in [0.1, 0.15) is 0 Å². The van der Waals surface area contributed by atoms with Crippen molar-refractivity contribution in [3.8, 4) is 0 Å². The third-order valence-corrected chi connectivity index (χ3v) is 4.92. The third-order valence-electron chi connectivity index (χ3n) is 4.92. The summed E-state index contributed by atoms with van der Waals surface area (Å²) in [5.41, 5.74) is 5.63. The maximum absolute atomic E-state index is 12.9. The lowest BCUT2D eigenvalue weighted by molar-refractivity contribution is -0.153. The Morgan fingerprint density at radius 3 is 2.53 bits per heavy atom. The monoisotopic (exact) mass is 268 g/mol. The van der Waals surface area contributed by atoms with Crippen molar-refractivity contribution in [3.63, 3.8) is 0 Å². The van der Waals surface area contributed by atoms with Gasteiger partial charge < -0.3 is 15.4 Å². The van der Waals surface area contributed by atoms with Crippen LogP contribution in [0.4, 0.5) is 0 Å². The number of nitrogens with two attached hydrogens (primary N) is 1. The van der Waals surface area contributed by atoms with Crippen LogP contribution < -0.4 is 5.73 Å². The van der Waals surface area contributed by atoms with Gasteiger partial charge in [0, 0.05) is 26.2 Å². The molecule has 2 aliphatic rings. The Kier molecular flexibility index (Phi) is 4.51. The Bertz CT molecular complexity index is 322. The second kappa shape index (κ2) is 5.80. The molecule has 0 radical (unpaired) electrons. The molecule has 4 nitrogen and oxygen atoms in total. The van der Waals surface area contributed by atoms with Gasteiger partial charge in [0.2, 0.25) is 5.91 Å². The number of ether oxygens (including phenoxy) is 1. The lowest BCUT2D eigenvalue weighted by Gasteiger charge is -2.48. The molecule has 110 valence electrons. The highest BCUT2D eigenvalue weighted by molar-refractivity contribution is 5.84. The van der Waals surface area contributed by atoms with Crippen LogP contribution in [0.2, 0.25) is 0 Å². The maximum atomic E-state index is 12.9. The van der Waals surface area contributed by atoms with E-state index >= 15 is 0 Å². The molecule has 0 saturated heterocycles. The second-order valence-corrected chi connectivity index (χ2v) is 6.57. The van der Waals surface area contributed by atoms with Crippen molar-refractivity contribution in [2.75, 3.05) is 26.8 Å². The predicted molar refractivity (Wildman–Crippen MR) is 75.7 cm³/mol. The van der Waals surface area contributed by atoms with E-state index in [4.69, 9.17) is 10.5 Å². The number of hydrogen-bond acceptors (Lipinski definition) is 3. The number of hydrogen-bond donors (Lipinski definition) is 1. The van der Waals surface area contributed by atoms with Crippen molar-refractivity contribution >= 4 is 5.91 Å². The van der Waals surface area contributed by atoms with Crippen LogP contribution in [0.15, 0.2) is 0 Å². The SMILES string of the molecule is COCCN(C(=O)C1(CN)CC(C)C1)C(C)C1CC1. The summed E-state index contributed by atoms with van der Waals surface area (Å²) in [6.45, 7) is 6.17. The average molecular weight is 268 g/mol. The van der Waals surface area contributed by atoms with Crippen LogP contribution >= 0.6 is 0 Å². The number of carbonyl (C=O) groups is 1. The molecule has 0 aromatic rings. The Balaban J connectivity index is 2.05. The summed E-state index contributed by atoms with van der Waals surface area (Å²) in [6, 6.07) is 0.335. The average Bonchev–Trinajstić information content (AvgIpc) is 3.18. The van der Waals surface area contributed by atoms with Crippen LogP contribution in [-0.4, -0.2) is 43.7 Å². The number of carbonyl (C=O) groups excluding carboxylic acids is 1. The molecular formula is C15H28N2O2. The highest BCUT2D eigenvalue weighted by Crippen LogP contribution is 2.47. The zero-order chi connectivity index (χ0) is 14.0. The smallest absolute Gasteiger partial charge is 0.230 e. The van der Waals surface area contributed by atoms with Crippen molar-refractivity contribution in [1.29, 1.82) is 0 Å². The van der Waals surface area contributed by atoms with E-state index in [-0.39, 0.29) is 11.3 Å². The topological polar surface area (TPSA) is 55.6 Å². The normalized spacial score (nSPS) is 31.7. The first-order valence-electron chi connectivity index (χ1n) is 7.54. The van der Waals surface area contributed by atoms with Crippen LogP contribution in [0.1, 0.15) is 39.5 Å². The van der Waals surface area contributed by atoms with Gasteiger partial charge in [0.25, 0.3) is 0 Å². The van der Waals surface area contributed by atoms with Gasteiger partial charge in [-0.15, -0.1) is 0 Å². The summed E-state index contributed by atoms with van der Waals surface area (Å²) in [4.78, 5) is 14.9. The highest BCUT2D eigenvalue weighted by Gasteiger charge is 2.50. The van der Waals surface area contributed by atoms with Crippen LogP contribution in [0.3, 0.4) is 0 Å². The molecule has 1 atom stereocenters. The molecule has 1 unspecified atom stereocenters. The lowest BCUT2D eigenvalue weighted by atomic mass is 9.61. The molecule has 2 fully saturated rings. The Labute approximate surface area is 116 Å². The minimum absolute atomic E-state index is 0.268. The van der Waals surface area contributed by atoms with E-state index < -0.39 is 0 Å². The van der Waals surface area contributed by atoms with Crippen molar-refractivity contribution in [3.05, 3.63) is 0 Å². The highest BCUT2D eigenvalue weighted by atomic mass is 16.5. The predicted octanol–water partition coefficient (Wildman–Crippen LogP) is 1.63. The summed E-state index contributed by atoms with van der Waals surface area (Å²) in [5, 5.41) is 0. The van der Waals surface area contributed by atoms with E-state index in [9.17, 15) is 4.79 Å². The largest absolute Gasteiger partial charge is 0.383 e. The summed E-state index contributed by atoms with van der Waals surface area (Å²) in [6.07, 6.45) is 4.40. The van der Waals surface area contributed by atoms with Crippen molar-refractivity contribution in [1.82, 2.24) is 4.90 Å². The van der Waals surface area contributed by atoms with E-state index in [0.717, 1.165) is 12.8 Å². The molecule has 2 N–H and O–H groups in total. The molecule has 2 rings (SSSR count). The molecule has 2 saturated carbocycles. The van der Waals surface area contributed by atoms with E-state index in [2.05, 4.69) is 13.8 Å². The van der Waals surface area contributed by atoms with Crippen LogP contribution in [0.25, 0.3) is 0 Å². The zero-order valence-corrected chi connectivity index (χ0v) is 12.5. The van der Waals surface area contributed by atoms with Gasteiger partial charge in [0.15, 0.2) is 0 Å². The van der Waals surface area contributed by atoms with E-state index in [0.29, 0.717) is 37.6 Å². The zero-order valence-electron chi connectivity index (χ0n) is 12.5. The van der Waals surface area contributed by atoms with Crippen molar-refractivity contribution in [2.24, 2.45) is 23.0 Å². The second-order valence-electron chi connectivity index (χ2n) is 6.57. The molecular weight excluding hydrogens is 240 g/mol. The van der Waals surface area contributed by atoms with Gasteiger partial charge in [0.05, 0.1) is 12.0 Å². The summed E-state index contributed by atoms with van der Waals surface area (Å²) in [7, 11) is 1.69. The molecule has 4 heteroatoms.